The van der Waals surface area contributed by atoms with E-state index < -0.39 is 12.0 Å². The van der Waals surface area contributed by atoms with Gasteiger partial charge in [-0.2, -0.15) is 0 Å². The van der Waals surface area contributed by atoms with Crippen LogP contribution >= 0.6 is 0 Å². The standard InChI is InChI=1S/C12H13NO5/c1-7(12(15)16)13-11(14)5-8-2-3-9-10(4-8)18-6-17-9/h2-4,7H,5-6H2,1H3,(H,13,14)(H,15,16)/t7-/m0/s1. The molecule has 0 spiro atoms. The molecule has 1 aliphatic heterocycles. The minimum Gasteiger partial charge on any atom is -0.480 e. The predicted molar refractivity (Wildman–Crippen MR) is 61.5 cm³/mol. The fraction of sp³-hybridized carbons (Fsp3) is 0.333. The highest BCUT2D eigenvalue weighted by Crippen LogP contribution is 2.32. The summed E-state index contributed by atoms with van der Waals surface area (Å²) in [6.07, 6.45) is 0.105. The molecule has 0 saturated heterocycles. The van der Waals surface area contributed by atoms with Gasteiger partial charge < -0.3 is 19.9 Å². The average molecular weight is 251 g/mol. The molecule has 2 N–H and O–H groups in total. The van der Waals surface area contributed by atoms with Crippen molar-refractivity contribution in [1.29, 1.82) is 0 Å². The van der Waals surface area contributed by atoms with Gasteiger partial charge in [0.15, 0.2) is 11.5 Å². The zero-order valence-electron chi connectivity index (χ0n) is 9.80. The van der Waals surface area contributed by atoms with Gasteiger partial charge in [0, 0.05) is 0 Å². The van der Waals surface area contributed by atoms with Crippen LogP contribution in [0.3, 0.4) is 0 Å². The zero-order chi connectivity index (χ0) is 13.1. The summed E-state index contributed by atoms with van der Waals surface area (Å²) in [5.74, 6) is -0.151. The maximum absolute atomic E-state index is 11.6. The monoisotopic (exact) mass is 251 g/mol. The second kappa shape index (κ2) is 4.95. The summed E-state index contributed by atoms with van der Waals surface area (Å²) in [5.41, 5.74) is 0.745. The van der Waals surface area contributed by atoms with Crippen LogP contribution in [0.5, 0.6) is 11.5 Å². The number of carbonyl (C=O) groups is 2. The van der Waals surface area contributed by atoms with Crippen LogP contribution in [-0.2, 0) is 16.0 Å². The minimum atomic E-state index is -1.06. The van der Waals surface area contributed by atoms with Gasteiger partial charge >= 0.3 is 5.97 Å². The molecule has 0 saturated carbocycles. The number of rotatable bonds is 4. The number of ether oxygens (including phenoxy) is 2. The van der Waals surface area contributed by atoms with Gasteiger partial charge in [0.05, 0.1) is 6.42 Å². The first-order valence-corrected chi connectivity index (χ1v) is 5.47. The Balaban J connectivity index is 1.97. The normalized spacial score (nSPS) is 14.1. The summed E-state index contributed by atoms with van der Waals surface area (Å²) < 4.78 is 10.3. The van der Waals surface area contributed by atoms with Crippen molar-refractivity contribution in [3.05, 3.63) is 23.8 Å². The molecule has 0 bridgehead atoms. The van der Waals surface area contributed by atoms with Crippen LogP contribution < -0.4 is 14.8 Å². The molecule has 96 valence electrons. The van der Waals surface area contributed by atoms with Crippen molar-refractivity contribution in [2.24, 2.45) is 0 Å². The molecule has 6 heteroatoms. The highest BCUT2D eigenvalue weighted by molar-refractivity contribution is 5.84. The Bertz CT molecular complexity index is 485. The first-order valence-electron chi connectivity index (χ1n) is 5.47. The Kier molecular flexibility index (Phi) is 3.36. The van der Waals surface area contributed by atoms with E-state index in [0.29, 0.717) is 11.5 Å². The van der Waals surface area contributed by atoms with Crippen LogP contribution in [0.1, 0.15) is 12.5 Å². The second-order valence-corrected chi connectivity index (χ2v) is 3.99. The molecule has 1 aromatic rings. The lowest BCUT2D eigenvalue weighted by molar-refractivity contribution is -0.141. The summed E-state index contributed by atoms with van der Waals surface area (Å²) >= 11 is 0. The quantitative estimate of drug-likeness (QED) is 0.816. The van der Waals surface area contributed by atoms with Gasteiger partial charge in [-0.1, -0.05) is 6.07 Å². The lowest BCUT2D eigenvalue weighted by atomic mass is 10.1. The predicted octanol–water partition coefficient (Wildman–Crippen LogP) is 0.547. The average Bonchev–Trinajstić information content (AvgIpc) is 2.75. The molecule has 2 rings (SSSR count). The first-order chi connectivity index (χ1) is 8.56. The van der Waals surface area contributed by atoms with Gasteiger partial charge in [-0.25, -0.2) is 0 Å². The number of fused-ring (bicyclic) bond motifs is 1. The molecule has 0 aliphatic carbocycles. The van der Waals surface area contributed by atoms with E-state index in [4.69, 9.17) is 14.6 Å². The fourth-order valence-corrected chi connectivity index (χ4v) is 1.59. The van der Waals surface area contributed by atoms with Crippen molar-refractivity contribution < 1.29 is 24.2 Å². The van der Waals surface area contributed by atoms with Crippen LogP contribution in [0, 0.1) is 0 Å². The Labute approximate surface area is 104 Å². The van der Waals surface area contributed by atoms with Crippen molar-refractivity contribution in [2.45, 2.75) is 19.4 Å². The van der Waals surface area contributed by atoms with Crippen LogP contribution in [0.4, 0.5) is 0 Å². The van der Waals surface area contributed by atoms with Gasteiger partial charge in [-0.15, -0.1) is 0 Å². The SMILES string of the molecule is C[C@H](NC(=O)Cc1ccc2c(c1)OCO2)C(=O)O. The Morgan fingerprint density at radius 3 is 2.83 bits per heavy atom. The Morgan fingerprint density at radius 2 is 2.11 bits per heavy atom. The van der Waals surface area contributed by atoms with Gasteiger partial charge in [-0.3, -0.25) is 9.59 Å². The number of hydrogen-bond donors (Lipinski definition) is 2. The molecule has 0 aromatic heterocycles. The van der Waals surface area contributed by atoms with Crippen molar-refractivity contribution in [2.75, 3.05) is 6.79 Å². The van der Waals surface area contributed by atoms with E-state index in [2.05, 4.69) is 5.32 Å². The molecule has 0 fully saturated rings. The minimum absolute atomic E-state index is 0.105. The third-order valence-electron chi connectivity index (χ3n) is 2.55. The van der Waals surface area contributed by atoms with E-state index in [-0.39, 0.29) is 19.1 Å². The largest absolute Gasteiger partial charge is 0.480 e. The van der Waals surface area contributed by atoms with Gasteiger partial charge in [0.1, 0.15) is 6.04 Å². The summed E-state index contributed by atoms with van der Waals surface area (Å²) in [7, 11) is 0. The molecule has 18 heavy (non-hydrogen) atoms. The molecular weight excluding hydrogens is 238 g/mol. The maximum atomic E-state index is 11.6. The Hall–Kier alpha value is -2.24. The second-order valence-electron chi connectivity index (χ2n) is 3.99. The van der Waals surface area contributed by atoms with Crippen LogP contribution in [0.15, 0.2) is 18.2 Å². The third kappa shape index (κ3) is 2.71. The number of aliphatic carboxylic acids is 1. The molecule has 1 atom stereocenters. The molecule has 0 radical (unpaired) electrons. The van der Waals surface area contributed by atoms with E-state index >= 15 is 0 Å². The number of benzene rings is 1. The van der Waals surface area contributed by atoms with Crippen molar-refractivity contribution in [3.63, 3.8) is 0 Å². The molecule has 1 aromatic carbocycles. The summed E-state index contributed by atoms with van der Waals surface area (Å²) in [5, 5.41) is 11.1. The number of hydrogen-bond acceptors (Lipinski definition) is 4. The van der Waals surface area contributed by atoms with Crippen LogP contribution in [0.25, 0.3) is 0 Å². The Morgan fingerprint density at radius 1 is 1.39 bits per heavy atom. The molecule has 0 unspecified atom stereocenters. The van der Waals surface area contributed by atoms with E-state index in [1.807, 2.05) is 0 Å². The first kappa shape index (κ1) is 12.2. The van der Waals surface area contributed by atoms with Crippen LogP contribution in [-0.4, -0.2) is 29.8 Å². The molecular formula is C12H13NO5. The number of nitrogens with one attached hydrogen (secondary N) is 1. The van der Waals surface area contributed by atoms with E-state index in [1.54, 1.807) is 18.2 Å². The molecule has 6 nitrogen and oxygen atoms in total. The third-order valence-corrected chi connectivity index (χ3v) is 2.55. The molecule has 1 amide bonds. The molecule has 1 heterocycles. The smallest absolute Gasteiger partial charge is 0.325 e. The fourth-order valence-electron chi connectivity index (χ4n) is 1.59. The summed E-state index contributed by atoms with van der Waals surface area (Å²) in [6, 6.07) is 4.30. The van der Waals surface area contributed by atoms with Crippen molar-refractivity contribution >= 4 is 11.9 Å². The number of carbonyl (C=O) groups excluding carboxylic acids is 1. The molecule has 1 aliphatic rings. The highest BCUT2D eigenvalue weighted by Gasteiger charge is 2.17. The van der Waals surface area contributed by atoms with Crippen molar-refractivity contribution in [1.82, 2.24) is 5.32 Å². The van der Waals surface area contributed by atoms with Crippen molar-refractivity contribution in [3.8, 4) is 11.5 Å². The van der Waals surface area contributed by atoms with Gasteiger partial charge in [0.2, 0.25) is 12.7 Å². The number of carboxylic acid groups (broad SMARTS) is 1. The summed E-state index contributed by atoms with van der Waals surface area (Å²) in [4.78, 5) is 22.2. The van der Waals surface area contributed by atoms with E-state index in [9.17, 15) is 9.59 Å². The summed E-state index contributed by atoms with van der Waals surface area (Å²) in [6.45, 7) is 1.60. The number of amides is 1. The maximum Gasteiger partial charge on any atom is 0.325 e. The lowest BCUT2D eigenvalue weighted by Gasteiger charge is -2.09. The topological polar surface area (TPSA) is 84.9 Å². The highest BCUT2D eigenvalue weighted by atomic mass is 16.7. The van der Waals surface area contributed by atoms with Gasteiger partial charge in [-0.05, 0) is 24.6 Å². The lowest BCUT2D eigenvalue weighted by Crippen LogP contribution is -2.39. The number of carboxylic acids is 1. The van der Waals surface area contributed by atoms with E-state index in [0.717, 1.165) is 5.56 Å². The zero-order valence-corrected chi connectivity index (χ0v) is 9.80. The van der Waals surface area contributed by atoms with E-state index in [1.165, 1.54) is 6.92 Å². The van der Waals surface area contributed by atoms with Gasteiger partial charge in [0.25, 0.3) is 0 Å². The van der Waals surface area contributed by atoms with Crippen LogP contribution in [0.2, 0.25) is 0 Å².